The van der Waals surface area contributed by atoms with Gasteiger partial charge in [0.05, 0.1) is 19.0 Å². The number of hydrogen-bond acceptors (Lipinski definition) is 5. The third kappa shape index (κ3) is 4.24. The molecule has 0 radical (unpaired) electrons. The monoisotopic (exact) mass is 252 g/mol. The third-order valence-corrected chi connectivity index (χ3v) is 2.72. The number of ether oxygens (including phenoxy) is 1. The highest BCUT2D eigenvalue weighted by Gasteiger charge is 2.20. The Morgan fingerprint density at radius 1 is 1.47 bits per heavy atom. The van der Waals surface area contributed by atoms with E-state index < -0.39 is 0 Å². The highest BCUT2D eigenvalue weighted by Crippen LogP contribution is 2.28. The van der Waals surface area contributed by atoms with Gasteiger partial charge >= 0.3 is 0 Å². The van der Waals surface area contributed by atoms with Crippen LogP contribution in [0.25, 0.3) is 0 Å². The summed E-state index contributed by atoms with van der Waals surface area (Å²) in [7, 11) is 0. The zero-order chi connectivity index (χ0) is 12.1. The fourth-order valence-corrected chi connectivity index (χ4v) is 1.44. The van der Waals surface area contributed by atoms with Crippen LogP contribution in [-0.4, -0.2) is 34.7 Å². The van der Waals surface area contributed by atoms with Crippen LogP contribution in [0.15, 0.2) is 12.4 Å². The molecule has 92 valence electrons. The molecule has 17 heavy (non-hydrogen) atoms. The highest BCUT2D eigenvalue weighted by molar-refractivity contribution is 7.80. The smallest absolute Gasteiger partial charge is 0.144 e. The van der Waals surface area contributed by atoms with E-state index in [1.54, 1.807) is 12.4 Å². The van der Waals surface area contributed by atoms with Crippen LogP contribution in [0.4, 0.5) is 5.82 Å². The van der Waals surface area contributed by atoms with Crippen LogP contribution in [0.3, 0.4) is 0 Å². The molecule has 1 heterocycles. The summed E-state index contributed by atoms with van der Waals surface area (Å²) in [4.78, 5) is 8.49. The van der Waals surface area contributed by atoms with Crippen molar-refractivity contribution >= 4 is 23.0 Å². The first-order chi connectivity index (χ1) is 8.25. The van der Waals surface area contributed by atoms with Crippen molar-refractivity contribution in [3.8, 4) is 0 Å². The van der Waals surface area contributed by atoms with Crippen molar-refractivity contribution < 1.29 is 4.74 Å². The molecule has 1 saturated carbocycles. The van der Waals surface area contributed by atoms with Crippen LogP contribution in [0.2, 0.25) is 0 Å². The Bertz CT molecular complexity index is 378. The molecule has 0 atom stereocenters. The molecule has 1 aliphatic rings. The van der Waals surface area contributed by atoms with Crippen LogP contribution >= 0.6 is 12.2 Å². The molecule has 3 N–H and O–H groups in total. The van der Waals surface area contributed by atoms with Gasteiger partial charge in [0.1, 0.15) is 16.5 Å². The third-order valence-electron chi connectivity index (χ3n) is 2.51. The van der Waals surface area contributed by atoms with Crippen molar-refractivity contribution in [1.29, 1.82) is 0 Å². The van der Waals surface area contributed by atoms with Gasteiger partial charge in [0.2, 0.25) is 0 Å². The molecule has 0 bridgehead atoms. The van der Waals surface area contributed by atoms with Gasteiger partial charge in [-0.05, 0) is 18.8 Å². The second kappa shape index (κ2) is 5.88. The van der Waals surface area contributed by atoms with E-state index in [-0.39, 0.29) is 4.99 Å². The van der Waals surface area contributed by atoms with Crippen molar-refractivity contribution in [2.45, 2.75) is 12.8 Å². The first kappa shape index (κ1) is 12.2. The van der Waals surface area contributed by atoms with E-state index in [1.165, 1.54) is 12.8 Å². The van der Waals surface area contributed by atoms with Gasteiger partial charge < -0.3 is 15.8 Å². The summed E-state index contributed by atoms with van der Waals surface area (Å²) in [6.07, 6.45) is 5.82. The zero-order valence-corrected chi connectivity index (χ0v) is 10.4. The molecular weight excluding hydrogens is 236 g/mol. The minimum Gasteiger partial charge on any atom is -0.388 e. The van der Waals surface area contributed by atoms with Crippen LogP contribution in [-0.2, 0) is 4.74 Å². The van der Waals surface area contributed by atoms with Gasteiger partial charge in [-0.15, -0.1) is 0 Å². The Hall–Kier alpha value is -1.27. The van der Waals surface area contributed by atoms with Crippen LogP contribution in [0.1, 0.15) is 18.5 Å². The molecule has 1 aliphatic carbocycles. The van der Waals surface area contributed by atoms with Gasteiger partial charge in [0, 0.05) is 13.2 Å². The summed E-state index contributed by atoms with van der Waals surface area (Å²) in [6, 6.07) is 0. The number of thiocarbonyl (C=S) groups is 1. The molecule has 0 aromatic carbocycles. The Kier molecular flexibility index (Phi) is 4.22. The Labute approximate surface area is 106 Å². The van der Waals surface area contributed by atoms with Crippen molar-refractivity contribution in [1.82, 2.24) is 9.97 Å². The van der Waals surface area contributed by atoms with Gasteiger partial charge in [-0.25, -0.2) is 9.97 Å². The average Bonchev–Trinajstić information content (AvgIpc) is 3.13. The van der Waals surface area contributed by atoms with Crippen molar-refractivity contribution in [3.63, 3.8) is 0 Å². The summed E-state index contributed by atoms with van der Waals surface area (Å²) >= 11 is 4.79. The molecule has 1 fully saturated rings. The maximum absolute atomic E-state index is 5.49. The molecular formula is C11H16N4OS. The summed E-state index contributed by atoms with van der Waals surface area (Å²) in [5, 5.41) is 3.12. The predicted molar refractivity (Wildman–Crippen MR) is 70.0 cm³/mol. The number of anilines is 1. The number of rotatable bonds is 7. The van der Waals surface area contributed by atoms with Gasteiger partial charge in [0.15, 0.2) is 0 Å². The van der Waals surface area contributed by atoms with Crippen LogP contribution < -0.4 is 11.1 Å². The fourth-order valence-electron chi connectivity index (χ4n) is 1.33. The largest absolute Gasteiger partial charge is 0.388 e. The van der Waals surface area contributed by atoms with E-state index in [2.05, 4.69) is 15.3 Å². The highest BCUT2D eigenvalue weighted by atomic mass is 32.1. The number of nitrogens with two attached hydrogens (primary N) is 1. The first-order valence-corrected chi connectivity index (χ1v) is 6.10. The topological polar surface area (TPSA) is 73.1 Å². The lowest BCUT2D eigenvalue weighted by Gasteiger charge is -2.06. The zero-order valence-electron chi connectivity index (χ0n) is 9.56. The number of nitrogens with one attached hydrogen (secondary N) is 1. The van der Waals surface area contributed by atoms with Crippen molar-refractivity contribution in [2.75, 3.05) is 25.1 Å². The Balaban J connectivity index is 1.65. The summed E-state index contributed by atoms with van der Waals surface area (Å²) in [6.45, 7) is 2.30. The minimum absolute atomic E-state index is 0.261. The van der Waals surface area contributed by atoms with Gasteiger partial charge in [-0.1, -0.05) is 12.2 Å². The lowest BCUT2D eigenvalue weighted by atomic mass is 10.4. The predicted octanol–water partition coefficient (Wildman–Crippen LogP) is 0.949. The maximum Gasteiger partial charge on any atom is 0.144 e. The van der Waals surface area contributed by atoms with Gasteiger partial charge in [0.25, 0.3) is 0 Å². The maximum atomic E-state index is 5.49. The summed E-state index contributed by atoms with van der Waals surface area (Å²) < 4.78 is 5.49. The normalized spacial score (nSPS) is 14.6. The fraction of sp³-hybridized carbons (Fsp3) is 0.545. The second-order valence-electron chi connectivity index (χ2n) is 4.10. The molecule has 1 aromatic heterocycles. The lowest BCUT2D eigenvalue weighted by molar-refractivity contribution is 0.134. The quantitative estimate of drug-likeness (QED) is 0.556. The molecule has 0 spiro atoms. The molecule has 0 aliphatic heterocycles. The van der Waals surface area contributed by atoms with E-state index in [0.29, 0.717) is 18.1 Å². The van der Waals surface area contributed by atoms with E-state index in [0.717, 1.165) is 19.1 Å². The summed E-state index contributed by atoms with van der Waals surface area (Å²) in [5.74, 6) is 1.51. The lowest BCUT2D eigenvalue weighted by Crippen LogP contribution is -2.14. The Morgan fingerprint density at radius 2 is 2.29 bits per heavy atom. The van der Waals surface area contributed by atoms with Crippen LogP contribution in [0.5, 0.6) is 0 Å². The van der Waals surface area contributed by atoms with E-state index in [4.69, 9.17) is 22.7 Å². The van der Waals surface area contributed by atoms with Gasteiger partial charge in [-0.2, -0.15) is 0 Å². The molecule has 0 saturated heterocycles. The SMILES string of the molecule is NC(=S)c1cnc(NCCOCC2CC2)cn1. The summed E-state index contributed by atoms with van der Waals surface area (Å²) in [5.41, 5.74) is 5.96. The number of nitrogens with zero attached hydrogens (tertiary/aromatic N) is 2. The molecule has 1 aromatic rings. The molecule has 5 nitrogen and oxygen atoms in total. The molecule has 2 rings (SSSR count). The van der Waals surface area contributed by atoms with Crippen LogP contribution in [0, 0.1) is 5.92 Å². The van der Waals surface area contributed by atoms with Crippen molar-refractivity contribution in [3.05, 3.63) is 18.1 Å². The molecule has 0 amide bonds. The minimum atomic E-state index is 0.261. The second-order valence-corrected chi connectivity index (χ2v) is 4.54. The van der Waals surface area contributed by atoms with E-state index in [1.807, 2.05) is 0 Å². The van der Waals surface area contributed by atoms with Crippen molar-refractivity contribution in [2.24, 2.45) is 11.7 Å². The Morgan fingerprint density at radius 3 is 2.88 bits per heavy atom. The average molecular weight is 252 g/mol. The number of aromatic nitrogens is 2. The van der Waals surface area contributed by atoms with Gasteiger partial charge in [-0.3, -0.25) is 0 Å². The molecule has 0 unspecified atom stereocenters. The number of hydrogen-bond donors (Lipinski definition) is 2. The molecule has 6 heteroatoms. The van der Waals surface area contributed by atoms with E-state index in [9.17, 15) is 0 Å². The standard InChI is InChI=1S/C11H16N4OS/c12-11(17)9-5-15-10(6-14-9)13-3-4-16-7-8-1-2-8/h5-6,8H,1-4,7H2,(H2,12,17)(H,13,15). The first-order valence-electron chi connectivity index (χ1n) is 5.69. The van der Waals surface area contributed by atoms with E-state index >= 15 is 0 Å².